The highest BCUT2D eigenvalue weighted by Crippen LogP contribution is 2.27. The number of oxazole rings is 1. The SMILES string of the molecule is O=c1[nH]c2ccc(-c3[nH]c(=O)sc3CN3CCNCC3)cc2o1. The zero-order valence-electron chi connectivity index (χ0n) is 12.3. The molecular weight excluding hydrogens is 316 g/mol. The fraction of sp³-hybridized carbons (Fsp3) is 0.333. The summed E-state index contributed by atoms with van der Waals surface area (Å²) < 4.78 is 5.11. The van der Waals surface area contributed by atoms with Crippen LogP contribution in [0.4, 0.5) is 0 Å². The monoisotopic (exact) mass is 332 g/mol. The average molecular weight is 332 g/mol. The molecule has 3 aromatic rings. The fourth-order valence-corrected chi connectivity index (χ4v) is 3.77. The van der Waals surface area contributed by atoms with Crippen molar-refractivity contribution in [1.29, 1.82) is 0 Å². The topological polar surface area (TPSA) is 94.1 Å². The summed E-state index contributed by atoms with van der Waals surface area (Å²) in [5.74, 6) is -0.475. The molecule has 7 nitrogen and oxygen atoms in total. The first kappa shape index (κ1) is 14.4. The van der Waals surface area contributed by atoms with E-state index in [0.29, 0.717) is 11.1 Å². The van der Waals surface area contributed by atoms with Crippen molar-refractivity contribution >= 4 is 22.4 Å². The van der Waals surface area contributed by atoms with Gasteiger partial charge in [-0.2, -0.15) is 0 Å². The van der Waals surface area contributed by atoms with E-state index < -0.39 is 5.76 Å². The molecule has 3 N–H and O–H groups in total. The number of thiazole rings is 1. The Morgan fingerprint density at radius 3 is 2.83 bits per heavy atom. The number of hydrogen-bond acceptors (Lipinski definition) is 6. The molecule has 0 bridgehead atoms. The number of aromatic nitrogens is 2. The van der Waals surface area contributed by atoms with Crippen molar-refractivity contribution in [3.8, 4) is 11.3 Å². The van der Waals surface area contributed by atoms with Crippen LogP contribution in [0.5, 0.6) is 0 Å². The van der Waals surface area contributed by atoms with Gasteiger partial charge in [-0.3, -0.25) is 14.7 Å². The van der Waals surface area contributed by atoms with Gasteiger partial charge in [0.05, 0.1) is 11.2 Å². The molecule has 2 aromatic heterocycles. The van der Waals surface area contributed by atoms with Crippen LogP contribution in [-0.4, -0.2) is 41.0 Å². The van der Waals surface area contributed by atoms with E-state index in [2.05, 4.69) is 20.2 Å². The van der Waals surface area contributed by atoms with Crippen LogP contribution >= 0.6 is 11.3 Å². The summed E-state index contributed by atoms with van der Waals surface area (Å²) in [6.45, 7) is 4.62. The summed E-state index contributed by atoms with van der Waals surface area (Å²) in [6.07, 6.45) is 0. The molecule has 1 aliphatic heterocycles. The van der Waals surface area contributed by atoms with Gasteiger partial charge in [-0.1, -0.05) is 17.4 Å². The first-order chi connectivity index (χ1) is 11.2. The molecule has 0 aliphatic carbocycles. The molecule has 1 aliphatic rings. The van der Waals surface area contributed by atoms with Crippen LogP contribution in [0.3, 0.4) is 0 Å². The lowest BCUT2D eigenvalue weighted by molar-refractivity contribution is 0.235. The quantitative estimate of drug-likeness (QED) is 0.664. The molecule has 4 rings (SSSR count). The summed E-state index contributed by atoms with van der Waals surface area (Å²) in [7, 11) is 0. The number of fused-ring (bicyclic) bond motifs is 1. The van der Waals surface area contributed by atoms with Gasteiger partial charge in [0, 0.05) is 43.2 Å². The van der Waals surface area contributed by atoms with E-state index >= 15 is 0 Å². The molecule has 8 heteroatoms. The number of benzene rings is 1. The smallest absolute Gasteiger partial charge is 0.408 e. The Morgan fingerprint density at radius 2 is 2.00 bits per heavy atom. The lowest BCUT2D eigenvalue weighted by atomic mass is 10.1. The van der Waals surface area contributed by atoms with Crippen molar-refractivity contribution in [2.45, 2.75) is 6.54 Å². The maximum Gasteiger partial charge on any atom is 0.417 e. The second-order valence-corrected chi connectivity index (χ2v) is 6.63. The second-order valence-electron chi connectivity index (χ2n) is 5.56. The van der Waals surface area contributed by atoms with Crippen molar-refractivity contribution in [3.05, 3.63) is 43.3 Å². The van der Waals surface area contributed by atoms with Crippen LogP contribution in [0.15, 0.2) is 32.2 Å². The Balaban J connectivity index is 1.71. The van der Waals surface area contributed by atoms with E-state index in [1.54, 1.807) is 12.1 Å². The van der Waals surface area contributed by atoms with Gasteiger partial charge in [-0.15, -0.1) is 0 Å². The Morgan fingerprint density at radius 1 is 1.17 bits per heavy atom. The van der Waals surface area contributed by atoms with Gasteiger partial charge in [-0.25, -0.2) is 4.79 Å². The van der Waals surface area contributed by atoms with Crippen LogP contribution in [-0.2, 0) is 6.54 Å². The van der Waals surface area contributed by atoms with Crippen molar-refractivity contribution in [2.24, 2.45) is 0 Å². The van der Waals surface area contributed by atoms with E-state index in [0.717, 1.165) is 48.9 Å². The molecule has 0 radical (unpaired) electrons. The lowest BCUT2D eigenvalue weighted by Crippen LogP contribution is -2.42. The molecular formula is C15H16N4O3S. The standard InChI is InChI=1S/C15H16N4O3S/c20-14-17-10-2-1-9(7-11(10)22-14)13-12(23-15(21)18-13)8-19-5-3-16-4-6-19/h1-2,7,16H,3-6,8H2,(H,17,20)(H,18,21). The third-order valence-electron chi connectivity index (χ3n) is 4.01. The van der Waals surface area contributed by atoms with Crippen LogP contribution in [0.1, 0.15) is 4.88 Å². The molecule has 0 amide bonds. The highest BCUT2D eigenvalue weighted by molar-refractivity contribution is 7.09. The first-order valence-electron chi connectivity index (χ1n) is 7.47. The summed E-state index contributed by atoms with van der Waals surface area (Å²) in [5, 5.41) is 3.32. The highest BCUT2D eigenvalue weighted by atomic mass is 32.1. The van der Waals surface area contributed by atoms with Crippen molar-refractivity contribution in [1.82, 2.24) is 20.2 Å². The molecule has 3 heterocycles. The Labute approximate surface area is 134 Å². The third kappa shape index (κ3) is 2.88. The van der Waals surface area contributed by atoms with E-state index in [1.165, 1.54) is 11.3 Å². The Bertz CT molecular complexity index is 945. The summed E-state index contributed by atoms with van der Waals surface area (Å²) in [6, 6.07) is 5.46. The zero-order chi connectivity index (χ0) is 15.8. The van der Waals surface area contributed by atoms with Crippen molar-refractivity contribution in [2.75, 3.05) is 26.2 Å². The van der Waals surface area contributed by atoms with Crippen molar-refractivity contribution < 1.29 is 4.42 Å². The molecule has 0 spiro atoms. The largest absolute Gasteiger partial charge is 0.417 e. The molecule has 0 unspecified atom stereocenters. The molecule has 1 aromatic carbocycles. The number of rotatable bonds is 3. The summed E-state index contributed by atoms with van der Waals surface area (Å²) in [4.78, 5) is 31.9. The number of aromatic amines is 2. The number of nitrogens with one attached hydrogen (secondary N) is 3. The average Bonchev–Trinajstić information content (AvgIpc) is 3.09. The van der Waals surface area contributed by atoms with Crippen LogP contribution < -0.4 is 15.9 Å². The van der Waals surface area contributed by atoms with Gasteiger partial charge >= 0.3 is 10.6 Å². The van der Waals surface area contributed by atoms with Crippen LogP contribution in [0.2, 0.25) is 0 Å². The van der Waals surface area contributed by atoms with Gasteiger partial charge in [0.15, 0.2) is 5.58 Å². The Hall–Kier alpha value is -2.16. The predicted octanol–water partition coefficient (Wildman–Crippen LogP) is 0.943. The maximum absolute atomic E-state index is 11.8. The van der Waals surface area contributed by atoms with E-state index in [9.17, 15) is 9.59 Å². The molecule has 1 fully saturated rings. The first-order valence-corrected chi connectivity index (χ1v) is 8.29. The number of H-pyrrole nitrogens is 2. The normalized spacial score (nSPS) is 16.2. The number of hydrogen-bond donors (Lipinski definition) is 3. The zero-order valence-corrected chi connectivity index (χ0v) is 13.2. The number of piperazine rings is 1. The van der Waals surface area contributed by atoms with E-state index in [4.69, 9.17) is 4.42 Å². The Kier molecular flexibility index (Phi) is 3.64. The minimum atomic E-state index is -0.475. The van der Waals surface area contributed by atoms with Gasteiger partial charge in [-0.05, 0) is 12.1 Å². The second kappa shape index (κ2) is 5.80. The molecule has 120 valence electrons. The molecule has 23 heavy (non-hydrogen) atoms. The van der Waals surface area contributed by atoms with Gasteiger partial charge < -0.3 is 14.7 Å². The van der Waals surface area contributed by atoms with Crippen LogP contribution in [0.25, 0.3) is 22.4 Å². The van der Waals surface area contributed by atoms with Crippen LogP contribution in [0, 0.1) is 0 Å². The molecule has 0 atom stereocenters. The predicted molar refractivity (Wildman–Crippen MR) is 88.9 cm³/mol. The van der Waals surface area contributed by atoms with Gasteiger partial charge in [0.1, 0.15) is 0 Å². The summed E-state index contributed by atoms with van der Waals surface area (Å²) in [5.41, 5.74) is 2.81. The maximum atomic E-state index is 11.8. The number of nitrogens with zero attached hydrogens (tertiary/aromatic N) is 1. The van der Waals surface area contributed by atoms with Crippen molar-refractivity contribution in [3.63, 3.8) is 0 Å². The summed E-state index contributed by atoms with van der Waals surface area (Å²) >= 11 is 1.24. The fourth-order valence-electron chi connectivity index (χ4n) is 2.88. The minimum Gasteiger partial charge on any atom is -0.408 e. The minimum absolute atomic E-state index is 0.0687. The van der Waals surface area contributed by atoms with Gasteiger partial charge in [0.25, 0.3) is 0 Å². The molecule has 0 saturated carbocycles. The van der Waals surface area contributed by atoms with E-state index in [1.807, 2.05) is 6.07 Å². The van der Waals surface area contributed by atoms with E-state index in [-0.39, 0.29) is 4.87 Å². The lowest BCUT2D eigenvalue weighted by Gasteiger charge is -2.26. The van der Waals surface area contributed by atoms with Gasteiger partial charge in [0.2, 0.25) is 0 Å². The third-order valence-corrected chi connectivity index (χ3v) is 4.88. The molecule has 1 saturated heterocycles. The highest BCUT2D eigenvalue weighted by Gasteiger charge is 2.17.